The Hall–Kier alpha value is -3.79. The highest BCUT2D eigenvalue weighted by atomic mass is 16.5. The van der Waals surface area contributed by atoms with Gasteiger partial charge in [0, 0.05) is 31.8 Å². The molecule has 10 heteroatoms. The fourth-order valence-electron chi connectivity index (χ4n) is 3.71. The zero-order valence-electron chi connectivity index (χ0n) is 16.6. The van der Waals surface area contributed by atoms with Crippen LogP contribution in [0.15, 0.2) is 36.5 Å². The van der Waals surface area contributed by atoms with E-state index < -0.39 is 29.7 Å². The lowest BCUT2D eigenvalue weighted by molar-refractivity contribution is -0.136. The molecule has 0 spiro atoms. The Morgan fingerprint density at radius 2 is 2.03 bits per heavy atom. The van der Waals surface area contributed by atoms with Crippen molar-refractivity contribution in [3.63, 3.8) is 0 Å². The molecular formula is C21H21N5O5. The Labute approximate surface area is 177 Å². The van der Waals surface area contributed by atoms with E-state index in [9.17, 15) is 19.2 Å². The Morgan fingerprint density at radius 1 is 1.19 bits per heavy atom. The molecule has 0 radical (unpaired) electrons. The number of nitrogens with zero attached hydrogens (tertiary/aromatic N) is 2. The maximum absolute atomic E-state index is 13.0. The maximum Gasteiger partial charge on any atom is 0.262 e. The molecule has 10 nitrogen and oxygen atoms in total. The number of nitrogen functional groups attached to an aromatic ring is 1. The molecule has 1 saturated heterocycles. The molecular weight excluding hydrogens is 402 g/mol. The number of anilines is 1. The van der Waals surface area contributed by atoms with E-state index in [4.69, 9.17) is 10.5 Å². The summed E-state index contributed by atoms with van der Waals surface area (Å²) in [6, 6.07) is 7.38. The summed E-state index contributed by atoms with van der Waals surface area (Å²) in [4.78, 5) is 54.3. The summed E-state index contributed by atoms with van der Waals surface area (Å²) in [6.45, 7) is 1.20. The second kappa shape index (κ2) is 8.52. The van der Waals surface area contributed by atoms with Crippen LogP contribution in [0, 0.1) is 0 Å². The molecule has 1 fully saturated rings. The molecule has 4 amide bonds. The van der Waals surface area contributed by atoms with E-state index >= 15 is 0 Å². The van der Waals surface area contributed by atoms with Crippen molar-refractivity contribution in [3.05, 3.63) is 53.2 Å². The number of benzene rings is 1. The first-order valence-electron chi connectivity index (χ1n) is 9.84. The van der Waals surface area contributed by atoms with E-state index in [1.165, 1.54) is 0 Å². The summed E-state index contributed by atoms with van der Waals surface area (Å²) in [5.41, 5.74) is 6.81. The standard InChI is InChI=1S/C21H21N5O5/c22-16-10-13(6-7-24-16)31-9-8-23-11-12-2-1-3-14-18(12)21(30)26(20(14)29)15-4-5-17(27)25-19(15)28/h1-3,6-7,10,15,23H,4-5,8-9,11H2,(H2,22,24)(H,25,27,28). The minimum absolute atomic E-state index is 0.0847. The summed E-state index contributed by atoms with van der Waals surface area (Å²) >= 11 is 0. The Morgan fingerprint density at radius 3 is 2.81 bits per heavy atom. The minimum Gasteiger partial charge on any atom is -0.492 e. The SMILES string of the molecule is Nc1cc(OCCNCc2cccc3c2C(=O)N(C2CCC(=O)NC2=O)C3=O)ccn1. The second-order valence-corrected chi connectivity index (χ2v) is 7.23. The lowest BCUT2D eigenvalue weighted by Crippen LogP contribution is -2.54. The van der Waals surface area contributed by atoms with Crippen LogP contribution in [0.3, 0.4) is 0 Å². The van der Waals surface area contributed by atoms with Gasteiger partial charge in [-0.25, -0.2) is 4.98 Å². The van der Waals surface area contributed by atoms with Gasteiger partial charge in [0.1, 0.15) is 24.2 Å². The van der Waals surface area contributed by atoms with E-state index in [-0.39, 0.29) is 24.0 Å². The van der Waals surface area contributed by atoms with Crippen LogP contribution in [0.5, 0.6) is 5.75 Å². The number of imide groups is 2. The third-order valence-electron chi connectivity index (χ3n) is 5.17. The average Bonchev–Trinajstić information content (AvgIpc) is 2.99. The summed E-state index contributed by atoms with van der Waals surface area (Å²) < 4.78 is 5.59. The second-order valence-electron chi connectivity index (χ2n) is 7.23. The number of ether oxygens (including phenoxy) is 1. The van der Waals surface area contributed by atoms with Gasteiger partial charge in [0.05, 0.1) is 11.1 Å². The smallest absolute Gasteiger partial charge is 0.262 e. The zero-order valence-corrected chi connectivity index (χ0v) is 16.6. The highest BCUT2D eigenvalue weighted by Crippen LogP contribution is 2.29. The molecule has 1 unspecified atom stereocenters. The molecule has 2 aromatic rings. The number of fused-ring (bicyclic) bond motifs is 1. The van der Waals surface area contributed by atoms with Crippen LogP contribution in [0.2, 0.25) is 0 Å². The summed E-state index contributed by atoms with van der Waals surface area (Å²) in [6.07, 6.45) is 1.77. The van der Waals surface area contributed by atoms with Gasteiger partial charge in [-0.15, -0.1) is 0 Å². The van der Waals surface area contributed by atoms with Gasteiger partial charge in [0.2, 0.25) is 11.8 Å². The van der Waals surface area contributed by atoms with Gasteiger partial charge < -0.3 is 15.8 Å². The number of pyridine rings is 1. The number of piperidine rings is 1. The number of rotatable bonds is 7. The van der Waals surface area contributed by atoms with E-state index in [1.54, 1.807) is 36.5 Å². The van der Waals surface area contributed by atoms with Crippen LogP contribution in [0.1, 0.15) is 39.1 Å². The van der Waals surface area contributed by atoms with Crippen molar-refractivity contribution in [1.29, 1.82) is 0 Å². The third-order valence-corrected chi connectivity index (χ3v) is 5.17. The molecule has 0 bridgehead atoms. The normalized spacial score (nSPS) is 18.2. The van der Waals surface area contributed by atoms with Gasteiger partial charge >= 0.3 is 0 Å². The fourth-order valence-corrected chi connectivity index (χ4v) is 3.71. The van der Waals surface area contributed by atoms with Crippen molar-refractivity contribution >= 4 is 29.4 Å². The van der Waals surface area contributed by atoms with Crippen LogP contribution in [-0.4, -0.2) is 52.7 Å². The molecule has 1 atom stereocenters. The number of carbonyl (C=O) groups excluding carboxylic acids is 4. The summed E-state index contributed by atoms with van der Waals surface area (Å²) in [7, 11) is 0. The summed E-state index contributed by atoms with van der Waals surface area (Å²) in [5, 5.41) is 5.37. The number of nitrogens with one attached hydrogen (secondary N) is 2. The average molecular weight is 423 g/mol. The van der Waals surface area contributed by atoms with E-state index in [1.807, 2.05) is 0 Å². The Kier molecular flexibility index (Phi) is 5.63. The van der Waals surface area contributed by atoms with Gasteiger partial charge in [-0.1, -0.05) is 12.1 Å². The van der Waals surface area contributed by atoms with Crippen molar-refractivity contribution < 1.29 is 23.9 Å². The first-order chi connectivity index (χ1) is 15.0. The predicted octanol–water partition coefficient (Wildman–Crippen LogP) is 0.234. The van der Waals surface area contributed by atoms with Crippen molar-refractivity contribution in [2.24, 2.45) is 0 Å². The first kappa shape index (κ1) is 20.5. The van der Waals surface area contributed by atoms with Gasteiger partial charge in [-0.3, -0.25) is 29.4 Å². The number of amides is 4. The molecule has 1 aromatic carbocycles. The van der Waals surface area contributed by atoms with Gasteiger partial charge in [-0.2, -0.15) is 0 Å². The number of aromatic nitrogens is 1. The van der Waals surface area contributed by atoms with Gasteiger partial charge in [0.25, 0.3) is 11.8 Å². The molecule has 160 valence electrons. The Balaban J connectivity index is 1.40. The largest absolute Gasteiger partial charge is 0.492 e. The molecule has 0 aliphatic carbocycles. The Bertz CT molecular complexity index is 1070. The quantitative estimate of drug-likeness (QED) is 0.424. The molecule has 1 aromatic heterocycles. The lowest BCUT2D eigenvalue weighted by Gasteiger charge is -2.27. The monoisotopic (exact) mass is 423 g/mol. The van der Waals surface area contributed by atoms with Gasteiger partial charge in [-0.05, 0) is 24.1 Å². The van der Waals surface area contributed by atoms with Crippen LogP contribution in [0.4, 0.5) is 5.82 Å². The van der Waals surface area contributed by atoms with Crippen molar-refractivity contribution in [2.45, 2.75) is 25.4 Å². The topological polar surface area (TPSA) is 144 Å². The molecule has 2 aliphatic rings. The lowest BCUT2D eigenvalue weighted by atomic mass is 10.0. The van der Waals surface area contributed by atoms with E-state index in [2.05, 4.69) is 15.6 Å². The number of hydrogen-bond donors (Lipinski definition) is 3. The number of hydrogen-bond acceptors (Lipinski definition) is 8. The van der Waals surface area contributed by atoms with E-state index in [0.29, 0.717) is 36.8 Å². The summed E-state index contributed by atoms with van der Waals surface area (Å²) in [5.74, 6) is -1.09. The number of nitrogens with two attached hydrogens (primary N) is 1. The van der Waals surface area contributed by atoms with Crippen LogP contribution >= 0.6 is 0 Å². The molecule has 3 heterocycles. The first-order valence-corrected chi connectivity index (χ1v) is 9.84. The molecule has 31 heavy (non-hydrogen) atoms. The van der Waals surface area contributed by atoms with Crippen LogP contribution < -0.4 is 21.1 Å². The van der Waals surface area contributed by atoms with Crippen molar-refractivity contribution in [2.75, 3.05) is 18.9 Å². The van der Waals surface area contributed by atoms with Gasteiger partial charge in [0.15, 0.2) is 0 Å². The van der Waals surface area contributed by atoms with Crippen LogP contribution in [-0.2, 0) is 16.1 Å². The highest BCUT2D eigenvalue weighted by Gasteiger charge is 2.45. The fraction of sp³-hybridized carbons (Fsp3) is 0.286. The third kappa shape index (κ3) is 4.10. The zero-order chi connectivity index (χ0) is 22.0. The number of carbonyl (C=O) groups is 4. The van der Waals surface area contributed by atoms with Crippen LogP contribution in [0.25, 0.3) is 0 Å². The van der Waals surface area contributed by atoms with E-state index in [0.717, 1.165) is 4.90 Å². The molecule has 4 rings (SSSR count). The molecule has 0 saturated carbocycles. The molecule has 2 aliphatic heterocycles. The molecule has 4 N–H and O–H groups in total. The van der Waals surface area contributed by atoms with Crippen molar-refractivity contribution in [1.82, 2.24) is 20.5 Å². The predicted molar refractivity (Wildman–Crippen MR) is 109 cm³/mol. The minimum atomic E-state index is -0.980. The maximum atomic E-state index is 13.0. The highest BCUT2D eigenvalue weighted by molar-refractivity contribution is 6.24. The van der Waals surface area contributed by atoms with Crippen molar-refractivity contribution in [3.8, 4) is 5.75 Å².